The maximum atomic E-state index is 10.1. The lowest BCUT2D eigenvalue weighted by Gasteiger charge is -2.09. The van der Waals surface area contributed by atoms with Crippen LogP contribution in [-0.2, 0) is 11.2 Å². The molecule has 1 atom stereocenters. The van der Waals surface area contributed by atoms with Gasteiger partial charge in [-0.3, -0.25) is 4.79 Å². The summed E-state index contributed by atoms with van der Waals surface area (Å²) in [7, 11) is 0. The molecule has 0 aliphatic rings. The molecule has 0 saturated heterocycles. The molecule has 70 valence electrons. The highest BCUT2D eigenvalue weighted by Crippen LogP contribution is 2.10. The number of nitrogens with one attached hydrogen (secondary N) is 1. The standard InChI is InChI=1S/C10H13NO2/c1-8(11-7-12)6-9-2-4-10(13)5-3-9/h2-5,7-8,13H,6H2,1H3,(H,11,12). The molecule has 0 saturated carbocycles. The molecule has 1 aromatic carbocycles. The average molecular weight is 179 g/mol. The minimum atomic E-state index is 0.127. The van der Waals surface area contributed by atoms with E-state index in [0.717, 1.165) is 12.0 Å². The van der Waals surface area contributed by atoms with Crippen molar-refractivity contribution in [1.29, 1.82) is 0 Å². The third-order valence-corrected chi connectivity index (χ3v) is 1.83. The van der Waals surface area contributed by atoms with Gasteiger partial charge in [0.05, 0.1) is 0 Å². The van der Waals surface area contributed by atoms with Crippen LogP contribution in [0, 0.1) is 0 Å². The smallest absolute Gasteiger partial charge is 0.207 e. The van der Waals surface area contributed by atoms with Crippen LogP contribution >= 0.6 is 0 Å². The number of benzene rings is 1. The lowest BCUT2D eigenvalue weighted by molar-refractivity contribution is -0.110. The molecule has 1 amide bonds. The molecule has 0 bridgehead atoms. The van der Waals surface area contributed by atoms with Crippen molar-refractivity contribution in [1.82, 2.24) is 5.32 Å². The Balaban J connectivity index is 2.53. The van der Waals surface area contributed by atoms with Crippen LogP contribution in [0.15, 0.2) is 24.3 Å². The van der Waals surface area contributed by atoms with Crippen molar-refractivity contribution in [3.8, 4) is 5.75 Å². The van der Waals surface area contributed by atoms with E-state index in [4.69, 9.17) is 5.11 Å². The normalized spacial score (nSPS) is 12.1. The van der Waals surface area contributed by atoms with Crippen molar-refractivity contribution in [2.45, 2.75) is 19.4 Å². The molecule has 1 rings (SSSR count). The van der Waals surface area contributed by atoms with Crippen LogP contribution in [0.5, 0.6) is 5.75 Å². The molecule has 0 heterocycles. The van der Waals surface area contributed by atoms with E-state index in [2.05, 4.69) is 5.32 Å². The first-order chi connectivity index (χ1) is 6.22. The zero-order chi connectivity index (χ0) is 9.68. The minimum Gasteiger partial charge on any atom is -0.508 e. The number of carbonyl (C=O) groups excluding carboxylic acids is 1. The Bertz CT molecular complexity index is 269. The van der Waals surface area contributed by atoms with Gasteiger partial charge in [0, 0.05) is 6.04 Å². The number of carbonyl (C=O) groups is 1. The van der Waals surface area contributed by atoms with Crippen LogP contribution in [0.3, 0.4) is 0 Å². The van der Waals surface area contributed by atoms with Crippen molar-refractivity contribution >= 4 is 6.41 Å². The second kappa shape index (κ2) is 4.50. The molecule has 0 fully saturated rings. The zero-order valence-corrected chi connectivity index (χ0v) is 7.53. The summed E-state index contributed by atoms with van der Waals surface area (Å²) >= 11 is 0. The zero-order valence-electron chi connectivity index (χ0n) is 7.53. The fourth-order valence-electron chi connectivity index (χ4n) is 1.16. The summed E-state index contributed by atoms with van der Waals surface area (Å²) in [6.07, 6.45) is 1.48. The summed E-state index contributed by atoms with van der Waals surface area (Å²) in [5, 5.41) is 11.7. The quantitative estimate of drug-likeness (QED) is 0.679. The van der Waals surface area contributed by atoms with Crippen molar-refractivity contribution in [2.75, 3.05) is 0 Å². The Labute approximate surface area is 77.4 Å². The molecule has 2 N–H and O–H groups in total. The minimum absolute atomic E-state index is 0.127. The molecule has 3 nitrogen and oxygen atoms in total. The Hall–Kier alpha value is -1.51. The first kappa shape index (κ1) is 9.58. The average Bonchev–Trinajstić information content (AvgIpc) is 2.09. The number of phenols is 1. The summed E-state index contributed by atoms with van der Waals surface area (Å²) in [5.74, 6) is 0.264. The van der Waals surface area contributed by atoms with E-state index in [0.29, 0.717) is 6.41 Å². The highest BCUT2D eigenvalue weighted by molar-refractivity contribution is 5.46. The van der Waals surface area contributed by atoms with Crippen LogP contribution in [0.25, 0.3) is 0 Å². The van der Waals surface area contributed by atoms with Crippen LogP contribution in [0.4, 0.5) is 0 Å². The molecule has 13 heavy (non-hydrogen) atoms. The van der Waals surface area contributed by atoms with Crippen LogP contribution < -0.4 is 5.32 Å². The van der Waals surface area contributed by atoms with Gasteiger partial charge >= 0.3 is 0 Å². The SMILES string of the molecule is CC(Cc1ccc(O)cc1)NC=O. The van der Waals surface area contributed by atoms with Crippen molar-refractivity contribution in [2.24, 2.45) is 0 Å². The van der Waals surface area contributed by atoms with Crippen LogP contribution in [0.2, 0.25) is 0 Å². The maximum absolute atomic E-state index is 10.1. The number of hydrogen-bond acceptors (Lipinski definition) is 2. The molecular formula is C10H13NO2. The second-order valence-electron chi connectivity index (χ2n) is 3.06. The van der Waals surface area contributed by atoms with Gasteiger partial charge in [-0.2, -0.15) is 0 Å². The Morgan fingerprint density at radius 3 is 2.62 bits per heavy atom. The van der Waals surface area contributed by atoms with E-state index in [1.807, 2.05) is 19.1 Å². The first-order valence-corrected chi connectivity index (χ1v) is 4.20. The fraction of sp³-hybridized carbons (Fsp3) is 0.300. The summed E-state index contributed by atoms with van der Waals surface area (Å²) in [6, 6.07) is 7.10. The van der Waals surface area contributed by atoms with Crippen molar-refractivity contribution in [3.63, 3.8) is 0 Å². The predicted octanol–water partition coefficient (Wildman–Crippen LogP) is 1.07. The number of phenolic OH excluding ortho intramolecular Hbond substituents is 1. The Morgan fingerprint density at radius 1 is 1.46 bits per heavy atom. The highest BCUT2D eigenvalue weighted by Gasteiger charge is 2.00. The molecule has 0 aliphatic carbocycles. The van der Waals surface area contributed by atoms with Gasteiger partial charge in [0.2, 0.25) is 6.41 Å². The fourth-order valence-corrected chi connectivity index (χ4v) is 1.16. The molecule has 0 aromatic heterocycles. The third kappa shape index (κ3) is 3.15. The largest absolute Gasteiger partial charge is 0.508 e. The van der Waals surface area contributed by atoms with Crippen molar-refractivity contribution < 1.29 is 9.90 Å². The van der Waals surface area contributed by atoms with Gasteiger partial charge in [-0.05, 0) is 31.0 Å². The van der Waals surface area contributed by atoms with Crippen LogP contribution in [-0.4, -0.2) is 17.6 Å². The molecule has 0 radical (unpaired) electrons. The summed E-state index contributed by atoms with van der Waals surface area (Å²) < 4.78 is 0. The predicted molar refractivity (Wildman–Crippen MR) is 50.5 cm³/mol. The van der Waals surface area contributed by atoms with Gasteiger partial charge < -0.3 is 10.4 Å². The summed E-state index contributed by atoms with van der Waals surface area (Å²) in [6.45, 7) is 1.93. The second-order valence-corrected chi connectivity index (χ2v) is 3.06. The number of hydrogen-bond donors (Lipinski definition) is 2. The molecular weight excluding hydrogens is 166 g/mol. The van der Waals surface area contributed by atoms with E-state index in [1.165, 1.54) is 0 Å². The summed E-state index contributed by atoms with van der Waals surface area (Å²) in [4.78, 5) is 10.1. The molecule has 0 spiro atoms. The number of aromatic hydroxyl groups is 1. The lowest BCUT2D eigenvalue weighted by atomic mass is 10.1. The van der Waals surface area contributed by atoms with Gasteiger partial charge in [-0.25, -0.2) is 0 Å². The topological polar surface area (TPSA) is 49.3 Å². The van der Waals surface area contributed by atoms with Gasteiger partial charge in [0.25, 0.3) is 0 Å². The van der Waals surface area contributed by atoms with Gasteiger partial charge in [-0.15, -0.1) is 0 Å². The van der Waals surface area contributed by atoms with Crippen molar-refractivity contribution in [3.05, 3.63) is 29.8 Å². The highest BCUT2D eigenvalue weighted by atomic mass is 16.3. The lowest BCUT2D eigenvalue weighted by Crippen LogP contribution is -2.26. The van der Waals surface area contributed by atoms with Gasteiger partial charge in [-0.1, -0.05) is 12.1 Å². The van der Waals surface area contributed by atoms with E-state index < -0.39 is 0 Å². The maximum Gasteiger partial charge on any atom is 0.207 e. The third-order valence-electron chi connectivity index (χ3n) is 1.83. The van der Waals surface area contributed by atoms with E-state index in [-0.39, 0.29) is 11.8 Å². The molecule has 0 aliphatic heterocycles. The molecule has 1 aromatic rings. The van der Waals surface area contributed by atoms with Gasteiger partial charge in [0.15, 0.2) is 0 Å². The van der Waals surface area contributed by atoms with E-state index in [9.17, 15) is 4.79 Å². The number of amides is 1. The summed E-state index contributed by atoms with van der Waals surface area (Å²) in [5.41, 5.74) is 1.10. The molecule has 3 heteroatoms. The van der Waals surface area contributed by atoms with E-state index >= 15 is 0 Å². The van der Waals surface area contributed by atoms with E-state index in [1.54, 1.807) is 12.1 Å². The molecule has 1 unspecified atom stereocenters. The van der Waals surface area contributed by atoms with Crippen LogP contribution in [0.1, 0.15) is 12.5 Å². The monoisotopic (exact) mass is 179 g/mol. The Morgan fingerprint density at radius 2 is 2.08 bits per heavy atom. The number of rotatable bonds is 4. The van der Waals surface area contributed by atoms with Gasteiger partial charge in [0.1, 0.15) is 5.75 Å². The first-order valence-electron chi connectivity index (χ1n) is 4.20. The Kier molecular flexibility index (Phi) is 3.31.